The zero-order valence-corrected chi connectivity index (χ0v) is 11.1. The average molecular weight is 226 g/mol. The van der Waals surface area contributed by atoms with Crippen molar-refractivity contribution in [2.45, 2.75) is 46.1 Å². The zero-order chi connectivity index (χ0) is 12.4. The molecule has 0 aromatic rings. The van der Waals surface area contributed by atoms with E-state index in [9.17, 15) is 0 Å². The Labute approximate surface area is 100 Å². The predicted molar refractivity (Wildman–Crippen MR) is 69.7 cm³/mol. The third-order valence-electron chi connectivity index (χ3n) is 2.27. The van der Waals surface area contributed by atoms with Crippen LogP contribution in [0.25, 0.3) is 0 Å². The van der Waals surface area contributed by atoms with Crippen LogP contribution in [0.4, 0.5) is 0 Å². The third kappa shape index (κ3) is 7.66. The second-order valence-electron chi connectivity index (χ2n) is 3.98. The van der Waals surface area contributed by atoms with Gasteiger partial charge in [-0.15, -0.1) is 0 Å². The number of ether oxygens (including phenoxy) is 2. The van der Waals surface area contributed by atoms with Crippen LogP contribution in [-0.4, -0.2) is 25.9 Å². The maximum Gasteiger partial charge on any atom is 0.0678 e. The zero-order valence-electron chi connectivity index (χ0n) is 11.1. The Kier molecular flexibility index (Phi) is 9.25. The van der Waals surface area contributed by atoms with Crippen LogP contribution in [0, 0.1) is 0 Å². The van der Waals surface area contributed by atoms with Crippen molar-refractivity contribution in [3.63, 3.8) is 0 Å². The largest absolute Gasteiger partial charge is 0.377 e. The van der Waals surface area contributed by atoms with Crippen LogP contribution in [-0.2, 0) is 9.47 Å². The van der Waals surface area contributed by atoms with Gasteiger partial charge in [-0.1, -0.05) is 32.6 Å². The fourth-order valence-electron chi connectivity index (χ4n) is 1.50. The van der Waals surface area contributed by atoms with Gasteiger partial charge in [-0.2, -0.15) is 0 Å². The van der Waals surface area contributed by atoms with Crippen LogP contribution in [0.3, 0.4) is 0 Å². The molecule has 2 fully saturated rings. The molecular formula is C14H26O2. The Hall–Kier alpha value is -0.600. The molecule has 0 radical (unpaired) electrons. The highest BCUT2D eigenvalue weighted by molar-refractivity contribution is 5.00. The standard InChI is InChI=1S/2C6H10O.C2H6/c1-5-3-6(2)7-4-5;1-6-3-2-4-7-5-6;1-2/h6H,1,3-4H2,2H3;1-5H2;1-2H3/t6-;;/m0../s1. The lowest BCUT2D eigenvalue weighted by Gasteiger charge is -2.11. The lowest BCUT2D eigenvalue weighted by molar-refractivity contribution is 0.128. The summed E-state index contributed by atoms with van der Waals surface area (Å²) in [5, 5.41) is 0. The minimum absolute atomic E-state index is 0.424. The highest BCUT2D eigenvalue weighted by Gasteiger charge is 2.11. The Balaban J connectivity index is 0.000000244. The Bertz CT molecular complexity index is 193. The molecule has 2 rings (SSSR count). The second-order valence-corrected chi connectivity index (χ2v) is 3.98. The lowest BCUT2D eigenvalue weighted by atomic mass is 10.1. The lowest BCUT2D eigenvalue weighted by Crippen LogP contribution is -2.06. The van der Waals surface area contributed by atoms with E-state index >= 15 is 0 Å². The second kappa shape index (κ2) is 9.61. The minimum atomic E-state index is 0.424. The highest BCUT2D eigenvalue weighted by atomic mass is 16.5. The van der Waals surface area contributed by atoms with E-state index in [0.29, 0.717) is 6.10 Å². The molecule has 0 unspecified atom stereocenters. The van der Waals surface area contributed by atoms with Crippen molar-refractivity contribution >= 4 is 0 Å². The van der Waals surface area contributed by atoms with Gasteiger partial charge in [0.25, 0.3) is 0 Å². The average Bonchev–Trinajstić information content (AvgIpc) is 2.67. The van der Waals surface area contributed by atoms with E-state index in [2.05, 4.69) is 20.1 Å². The van der Waals surface area contributed by atoms with Crippen molar-refractivity contribution < 1.29 is 9.47 Å². The van der Waals surface area contributed by atoms with Gasteiger partial charge in [0.1, 0.15) is 0 Å². The molecule has 0 saturated carbocycles. The van der Waals surface area contributed by atoms with E-state index < -0.39 is 0 Å². The minimum Gasteiger partial charge on any atom is -0.377 e. The van der Waals surface area contributed by atoms with Crippen molar-refractivity contribution in [1.29, 1.82) is 0 Å². The quantitative estimate of drug-likeness (QED) is 0.586. The maximum absolute atomic E-state index is 5.17. The molecule has 0 N–H and O–H groups in total. The van der Waals surface area contributed by atoms with Gasteiger partial charge in [0.15, 0.2) is 0 Å². The fourth-order valence-corrected chi connectivity index (χ4v) is 1.50. The van der Waals surface area contributed by atoms with Crippen LogP contribution in [0.1, 0.15) is 40.0 Å². The van der Waals surface area contributed by atoms with E-state index in [1.54, 1.807) is 0 Å². The SMILES string of the molecule is C=C1CCCOC1.C=C1CO[C@@H](C)C1.CC. The predicted octanol–water partition coefficient (Wildman–Crippen LogP) is 3.73. The summed E-state index contributed by atoms with van der Waals surface area (Å²) in [6.07, 6.45) is 3.81. The summed E-state index contributed by atoms with van der Waals surface area (Å²) in [5.74, 6) is 0. The van der Waals surface area contributed by atoms with E-state index in [0.717, 1.165) is 26.2 Å². The molecule has 2 saturated heterocycles. The van der Waals surface area contributed by atoms with Gasteiger partial charge in [-0.25, -0.2) is 0 Å². The first kappa shape index (κ1) is 15.4. The highest BCUT2D eigenvalue weighted by Crippen LogP contribution is 2.14. The van der Waals surface area contributed by atoms with E-state index in [1.807, 2.05) is 13.8 Å². The van der Waals surface area contributed by atoms with Crippen LogP contribution in [0.2, 0.25) is 0 Å². The number of hydrogen-bond donors (Lipinski definition) is 0. The Morgan fingerprint density at radius 3 is 2.00 bits per heavy atom. The normalized spacial score (nSPS) is 24.1. The first-order valence-electron chi connectivity index (χ1n) is 6.21. The summed E-state index contributed by atoms with van der Waals surface area (Å²) in [4.78, 5) is 0. The molecule has 0 amide bonds. The number of hydrogen-bond acceptors (Lipinski definition) is 2. The first-order chi connectivity index (χ1) is 7.68. The summed E-state index contributed by atoms with van der Waals surface area (Å²) in [6.45, 7) is 16.1. The summed E-state index contributed by atoms with van der Waals surface area (Å²) >= 11 is 0. The summed E-state index contributed by atoms with van der Waals surface area (Å²) in [7, 11) is 0. The van der Waals surface area contributed by atoms with E-state index in [-0.39, 0.29) is 0 Å². The van der Waals surface area contributed by atoms with Crippen molar-refractivity contribution in [3.8, 4) is 0 Å². The van der Waals surface area contributed by atoms with Crippen molar-refractivity contribution in [2.75, 3.05) is 19.8 Å². The number of rotatable bonds is 0. The molecule has 1 atom stereocenters. The van der Waals surface area contributed by atoms with Crippen LogP contribution in [0.15, 0.2) is 24.3 Å². The molecule has 16 heavy (non-hydrogen) atoms. The molecule has 0 aliphatic carbocycles. The van der Waals surface area contributed by atoms with Crippen LogP contribution >= 0.6 is 0 Å². The Morgan fingerprint density at radius 1 is 1.12 bits per heavy atom. The van der Waals surface area contributed by atoms with Gasteiger partial charge in [-0.3, -0.25) is 0 Å². The van der Waals surface area contributed by atoms with Gasteiger partial charge in [-0.05, 0) is 31.8 Å². The Morgan fingerprint density at radius 2 is 1.81 bits per heavy atom. The molecular weight excluding hydrogens is 200 g/mol. The van der Waals surface area contributed by atoms with Gasteiger partial charge in [0, 0.05) is 6.61 Å². The first-order valence-corrected chi connectivity index (χ1v) is 6.21. The maximum atomic E-state index is 5.17. The topological polar surface area (TPSA) is 18.5 Å². The van der Waals surface area contributed by atoms with Crippen molar-refractivity contribution in [2.24, 2.45) is 0 Å². The molecule has 2 nitrogen and oxygen atoms in total. The molecule has 94 valence electrons. The molecule has 0 spiro atoms. The molecule has 2 heteroatoms. The van der Waals surface area contributed by atoms with E-state index in [4.69, 9.17) is 9.47 Å². The molecule has 0 aromatic carbocycles. The van der Waals surface area contributed by atoms with Crippen molar-refractivity contribution in [3.05, 3.63) is 24.3 Å². The van der Waals surface area contributed by atoms with Gasteiger partial charge >= 0.3 is 0 Å². The van der Waals surface area contributed by atoms with Crippen LogP contribution < -0.4 is 0 Å². The summed E-state index contributed by atoms with van der Waals surface area (Å²) < 4.78 is 10.2. The molecule has 2 heterocycles. The monoisotopic (exact) mass is 226 g/mol. The molecule has 2 aliphatic heterocycles. The van der Waals surface area contributed by atoms with Gasteiger partial charge in [0.05, 0.1) is 19.3 Å². The smallest absolute Gasteiger partial charge is 0.0678 e. The molecule has 0 aromatic heterocycles. The van der Waals surface area contributed by atoms with Crippen molar-refractivity contribution in [1.82, 2.24) is 0 Å². The van der Waals surface area contributed by atoms with E-state index in [1.165, 1.54) is 24.0 Å². The third-order valence-corrected chi connectivity index (χ3v) is 2.27. The molecule has 2 aliphatic rings. The fraction of sp³-hybridized carbons (Fsp3) is 0.714. The van der Waals surface area contributed by atoms with Gasteiger partial charge in [0.2, 0.25) is 0 Å². The summed E-state index contributed by atoms with van der Waals surface area (Å²) in [5.41, 5.74) is 2.47. The van der Waals surface area contributed by atoms with Gasteiger partial charge < -0.3 is 9.47 Å². The van der Waals surface area contributed by atoms with Crippen LogP contribution in [0.5, 0.6) is 0 Å². The summed E-state index contributed by atoms with van der Waals surface area (Å²) in [6, 6.07) is 0. The molecule has 0 bridgehead atoms.